The summed E-state index contributed by atoms with van der Waals surface area (Å²) in [6.45, 7) is 3.32. The molecule has 0 bridgehead atoms. The van der Waals surface area contributed by atoms with Crippen molar-refractivity contribution in [3.05, 3.63) is 35.4 Å². The van der Waals surface area contributed by atoms with Crippen molar-refractivity contribution in [1.82, 2.24) is 10.2 Å². The van der Waals surface area contributed by atoms with Crippen molar-refractivity contribution in [3.63, 3.8) is 0 Å². The molecule has 0 spiro atoms. The largest absolute Gasteiger partial charge is 0.359 e. The Morgan fingerprint density at radius 1 is 1.39 bits per heavy atom. The molecule has 1 atom stereocenters. The van der Waals surface area contributed by atoms with E-state index in [9.17, 15) is 4.79 Å². The number of nitrogens with zero attached hydrogens (tertiary/aromatic N) is 1. The maximum absolute atomic E-state index is 11.2. The summed E-state index contributed by atoms with van der Waals surface area (Å²) in [7, 11) is 3.66. The van der Waals surface area contributed by atoms with Crippen molar-refractivity contribution in [2.45, 2.75) is 19.4 Å². The van der Waals surface area contributed by atoms with Gasteiger partial charge in [0.2, 0.25) is 5.91 Å². The summed E-state index contributed by atoms with van der Waals surface area (Å²) in [4.78, 5) is 13.4. The summed E-state index contributed by atoms with van der Waals surface area (Å²) >= 11 is 0. The van der Waals surface area contributed by atoms with Gasteiger partial charge in [-0.2, -0.15) is 0 Å². The van der Waals surface area contributed by atoms with Gasteiger partial charge in [0.1, 0.15) is 0 Å². The molecule has 0 saturated carbocycles. The van der Waals surface area contributed by atoms with E-state index in [-0.39, 0.29) is 11.9 Å². The third-order valence-electron chi connectivity index (χ3n) is 3.19. The van der Waals surface area contributed by atoms with Crippen LogP contribution in [0, 0.1) is 6.92 Å². The Hall–Kier alpha value is -1.39. The number of nitrogens with one attached hydrogen (secondary N) is 1. The predicted molar refractivity (Wildman–Crippen MR) is 74.3 cm³/mol. The van der Waals surface area contributed by atoms with Gasteiger partial charge in [0.15, 0.2) is 0 Å². The van der Waals surface area contributed by atoms with E-state index >= 15 is 0 Å². The third-order valence-corrected chi connectivity index (χ3v) is 3.19. The average Bonchev–Trinajstić information content (AvgIpc) is 2.39. The lowest BCUT2D eigenvalue weighted by atomic mass is 10.0. The zero-order valence-corrected chi connectivity index (χ0v) is 11.4. The molecule has 4 heteroatoms. The smallest absolute Gasteiger partial charge is 0.221 e. The van der Waals surface area contributed by atoms with Crippen LogP contribution in [-0.4, -0.2) is 38.0 Å². The van der Waals surface area contributed by atoms with E-state index in [1.54, 1.807) is 7.05 Å². The summed E-state index contributed by atoms with van der Waals surface area (Å²) in [5, 5.41) is 2.63. The molecule has 1 amide bonds. The Kier molecular flexibility index (Phi) is 5.82. The first-order chi connectivity index (χ1) is 8.58. The van der Waals surface area contributed by atoms with Crippen LogP contribution in [0.2, 0.25) is 0 Å². The minimum atomic E-state index is 0.0570. The van der Waals surface area contributed by atoms with Gasteiger partial charge in [-0.25, -0.2) is 0 Å². The third kappa shape index (κ3) is 4.13. The van der Waals surface area contributed by atoms with Crippen LogP contribution in [-0.2, 0) is 4.79 Å². The molecular formula is C14H23N3O. The second kappa shape index (κ2) is 7.13. The molecule has 0 aromatic heterocycles. The number of nitrogens with two attached hydrogens (primary N) is 1. The number of carbonyl (C=O) groups excluding carboxylic acids is 1. The van der Waals surface area contributed by atoms with Crippen LogP contribution in [0.15, 0.2) is 24.3 Å². The number of hydrogen-bond donors (Lipinski definition) is 2. The first kappa shape index (κ1) is 14.7. The second-order valence-electron chi connectivity index (χ2n) is 4.57. The molecule has 18 heavy (non-hydrogen) atoms. The van der Waals surface area contributed by atoms with Gasteiger partial charge in [0.05, 0.1) is 0 Å². The normalized spacial score (nSPS) is 12.5. The maximum Gasteiger partial charge on any atom is 0.221 e. The molecule has 0 aliphatic carbocycles. The van der Waals surface area contributed by atoms with Crippen molar-refractivity contribution in [2.75, 3.05) is 27.2 Å². The first-order valence-corrected chi connectivity index (χ1v) is 6.26. The van der Waals surface area contributed by atoms with Gasteiger partial charge in [0.25, 0.3) is 0 Å². The van der Waals surface area contributed by atoms with Gasteiger partial charge in [-0.3, -0.25) is 9.69 Å². The van der Waals surface area contributed by atoms with E-state index in [1.807, 2.05) is 7.05 Å². The molecule has 0 aliphatic heterocycles. The highest BCUT2D eigenvalue weighted by molar-refractivity contribution is 5.75. The Morgan fingerprint density at radius 2 is 2.00 bits per heavy atom. The standard InChI is InChI=1S/C14H23N3O/c1-11-4-6-12(7-5-11)13(10-15)17(3)9-8-14(18)16-2/h4-7,13H,8-10,15H2,1-3H3,(H,16,18). The van der Waals surface area contributed by atoms with Crippen LogP contribution in [0.1, 0.15) is 23.6 Å². The van der Waals surface area contributed by atoms with Gasteiger partial charge in [-0.15, -0.1) is 0 Å². The Balaban J connectivity index is 2.64. The van der Waals surface area contributed by atoms with Crippen LogP contribution < -0.4 is 11.1 Å². The van der Waals surface area contributed by atoms with E-state index < -0.39 is 0 Å². The molecule has 0 heterocycles. The van der Waals surface area contributed by atoms with E-state index in [1.165, 1.54) is 11.1 Å². The summed E-state index contributed by atoms with van der Waals surface area (Å²) in [5.41, 5.74) is 8.28. The number of likely N-dealkylation sites (N-methyl/N-ethyl adjacent to an activating group) is 1. The molecule has 0 fully saturated rings. The highest BCUT2D eigenvalue weighted by Crippen LogP contribution is 2.18. The fourth-order valence-corrected chi connectivity index (χ4v) is 1.92. The molecule has 0 radical (unpaired) electrons. The minimum absolute atomic E-state index is 0.0570. The second-order valence-corrected chi connectivity index (χ2v) is 4.57. The van der Waals surface area contributed by atoms with Gasteiger partial charge < -0.3 is 11.1 Å². The van der Waals surface area contributed by atoms with Crippen LogP contribution in [0.5, 0.6) is 0 Å². The van der Waals surface area contributed by atoms with Crippen molar-refractivity contribution in [3.8, 4) is 0 Å². The van der Waals surface area contributed by atoms with Crippen molar-refractivity contribution in [2.24, 2.45) is 5.73 Å². The van der Waals surface area contributed by atoms with Gasteiger partial charge in [-0.05, 0) is 19.5 Å². The maximum atomic E-state index is 11.2. The zero-order chi connectivity index (χ0) is 13.5. The van der Waals surface area contributed by atoms with Gasteiger partial charge >= 0.3 is 0 Å². The molecule has 3 N–H and O–H groups in total. The van der Waals surface area contributed by atoms with Crippen molar-refractivity contribution < 1.29 is 4.79 Å². The lowest BCUT2D eigenvalue weighted by Gasteiger charge is -2.27. The minimum Gasteiger partial charge on any atom is -0.359 e. The van der Waals surface area contributed by atoms with E-state index in [2.05, 4.69) is 41.4 Å². The summed E-state index contributed by atoms with van der Waals surface area (Å²) in [6.07, 6.45) is 0.495. The number of carbonyl (C=O) groups is 1. The highest BCUT2D eigenvalue weighted by atomic mass is 16.1. The predicted octanol–water partition coefficient (Wildman–Crippen LogP) is 1.06. The number of amides is 1. The van der Waals surface area contributed by atoms with Gasteiger partial charge in [0, 0.05) is 32.6 Å². The molecule has 4 nitrogen and oxygen atoms in total. The van der Waals surface area contributed by atoms with E-state index in [0.29, 0.717) is 19.5 Å². The molecular weight excluding hydrogens is 226 g/mol. The number of benzene rings is 1. The van der Waals surface area contributed by atoms with Crippen LogP contribution >= 0.6 is 0 Å². The highest BCUT2D eigenvalue weighted by Gasteiger charge is 2.15. The number of rotatable bonds is 6. The van der Waals surface area contributed by atoms with Crippen molar-refractivity contribution >= 4 is 5.91 Å². The fraction of sp³-hybridized carbons (Fsp3) is 0.500. The molecule has 1 rings (SSSR count). The Morgan fingerprint density at radius 3 is 2.50 bits per heavy atom. The lowest BCUT2D eigenvalue weighted by molar-refractivity contribution is -0.120. The summed E-state index contributed by atoms with van der Waals surface area (Å²) < 4.78 is 0. The van der Waals surface area contributed by atoms with Crippen LogP contribution in [0.4, 0.5) is 0 Å². The SMILES string of the molecule is CNC(=O)CCN(C)C(CN)c1ccc(C)cc1. The first-order valence-electron chi connectivity index (χ1n) is 6.26. The number of hydrogen-bond acceptors (Lipinski definition) is 3. The summed E-state index contributed by atoms with van der Waals surface area (Å²) in [6, 6.07) is 8.54. The summed E-state index contributed by atoms with van der Waals surface area (Å²) in [5.74, 6) is 0.0570. The van der Waals surface area contributed by atoms with Crippen LogP contribution in [0.25, 0.3) is 0 Å². The van der Waals surface area contributed by atoms with Crippen LogP contribution in [0.3, 0.4) is 0 Å². The fourth-order valence-electron chi connectivity index (χ4n) is 1.92. The molecule has 100 valence electrons. The molecule has 1 unspecified atom stereocenters. The molecule has 0 saturated heterocycles. The molecule has 1 aromatic rings. The molecule has 1 aromatic carbocycles. The number of aryl methyl sites for hydroxylation is 1. The van der Waals surface area contributed by atoms with Gasteiger partial charge in [-0.1, -0.05) is 29.8 Å². The topological polar surface area (TPSA) is 58.4 Å². The Labute approximate surface area is 109 Å². The monoisotopic (exact) mass is 249 g/mol. The zero-order valence-electron chi connectivity index (χ0n) is 11.4. The van der Waals surface area contributed by atoms with E-state index in [0.717, 1.165) is 0 Å². The quantitative estimate of drug-likeness (QED) is 0.792. The molecule has 0 aliphatic rings. The lowest BCUT2D eigenvalue weighted by Crippen LogP contribution is -2.33. The van der Waals surface area contributed by atoms with Crippen molar-refractivity contribution in [1.29, 1.82) is 0 Å². The van der Waals surface area contributed by atoms with E-state index in [4.69, 9.17) is 5.73 Å². The Bertz CT molecular complexity index is 375. The average molecular weight is 249 g/mol.